The Morgan fingerprint density at radius 1 is 1.00 bits per heavy atom. The highest BCUT2D eigenvalue weighted by Crippen LogP contribution is 2.24. The van der Waals surface area contributed by atoms with Crippen molar-refractivity contribution in [1.82, 2.24) is 9.80 Å². The van der Waals surface area contributed by atoms with Gasteiger partial charge in [-0.15, -0.1) is 0 Å². The standard InChI is InChI=1S/C21H24N2O2/c24-21(16-25-20-8-2-1-3-9-20)23-13-11-19(15-23)22-12-10-17-6-4-5-7-18(17)14-22/h1-9,19H,10-16H2. The summed E-state index contributed by atoms with van der Waals surface area (Å²) in [7, 11) is 0. The molecule has 1 atom stereocenters. The second-order valence-corrected chi connectivity index (χ2v) is 6.87. The van der Waals surface area contributed by atoms with E-state index in [2.05, 4.69) is 29.2 Å². The lowest BCUT2D eigenvalue weighted by atomic mass is 9.98. The summed E-state index contributed by atoms with van der Waals surface area (Å²) in [4.78, 5) is 16.9. The van der Waals surface area contributed by atoms with Gasteiger partial charge in [-0.2, -0.15) is 0 Å². The molecule has 2 aromatic rings. The molecule has 130 valence electrons. The van der Waals surface area contributed by atoms with Gasteiger partial charge in [-0.3, -0.25) is 9.69 Å². The van der Waals surface area contributed by atoms with Gasteiger partial charge in [-0.05, 0) is 36.1 Å². The largest absolute Gasteiger partial charge is 0.484 e. The number of nitrogens with zero attached hydrogens (tertiary/aromatic N) is 2. The third-order valence-corrected chi connectivity index (χ3v) is 5.30. The van der Waals surface area contributed by atoms with Crippen LogP contribution in [0.15, 0.2) is 54.6 Å². The maximum atomic E-state index is 12.4. The van der Waals surface area contributed by atoms with Crippen LogP contribution in [0.4, 0.5) is 0 Å². The van der Waals surface area contributed by atoms with E-state index in [1.54, 1.807) is 0 Å². The Balaban J connectivity index is 1.30. The van der Waals surface area contributed by atoms with Crippen molar-refractivity contribution in [3.63, 3.8) is 0 Å². The predicted molar refractivity (Wildman–Crippen MR) is 97.5 cm³/mol. The molecule has 0 radical (unpaired) electrons. The molecule has 1 amide bonds. The highest BCUT2D eigenvalue weighted by molar-refractivity contribution is 5.78. The quantitative estimate of drug-likeness (QED) is 0.861. The lowest BCUT2D eigenvalue weighted by Crippen LogP contribution is -2.42. The Morgan fingerprint density at radius 3 is 2.60 bits per heavy atom. The minimum Gasteiger partial charge on any atom is -0.484 e. The van der Waals surface area contributed by atoms with Gasteiger partial charge in [-0.25, -0.2) is 0 Å². The van der Waals surface area contributed by atoms with Gasteiger partial charge in [0, 0.05) is 32.2 Å². The molecule has 4 rings (SSSR count). The molecule has 1 unspecified atom stereocenters. The monoisotopic (exact) mass is 336 g/mol. The summed E-state index contributed by atoms with van der Waals surface area (Å²) in [5.41, 5.74) is 2.91. The molecule has 0 aromatic heterocycles. The zero-order chi connectivity index (χ0) is 17.1. The van der Waals surface area contributed by atoms with Crippen molar-refractivity contribution in [2.75, 3.05) is 26.2 Å². The third-order valence-electron chi connectivity index (χ3n) is 5.30. The molecule has 1 saturated heterocycles. The molecule has 2 heterocycles. The average molecular weight is 336 g/mol. The molecular formula is C21H24N2O2. The van der Waals surface area contributed by atoms with E-state index in [1.807, 2.05) is 35.2 Å². The zero-order valence-corrected chi connectivity index (χ0v) is 14.4. The number of amides is 1. The molecule has 0 spiro atoms. The molecule has 0 bridgehead atoms. The van der Waals surface area contributed by atoms with Gasteiger partial charge in [0.2, 0.25) is 0 Å². The molecular weight excluding hydrogens is 312 g/mol. The molecule has 0 aliphatic carbocycles. The fourth-order valence-corrected chi connectivity index (χ4v) is 3.85. The van der Waals surface area contributed by atoms with E-state index >= 15 is 0 Å². The number of carbonyl (C=O) groups is 1. The first-order chi connectivity index (χ1) is 12.3. The fraction of sp³-hybridized carbons (Fsp3) is 0.381. The van der Waals surface area contributed by atoms with E-state index in [9.17, 15) is 4.79 Å². The van der Waals surface area contributed by atoms with Gasteiger partial charge < -0.3 is 9.64 Å². The lowest BCUT2D eigenvalue weighted by molar-refractivity contribution is -0.132. The fourth-order valence-electron chi connectivity index (χ4n) is 3.85. The van der Waals surface area contributed by atoms with Crippen LogP contribution in [-0.2, 0) is 17.8 Å². The Kier molecular flexibility index (Phi) is 4.70. The van der Waals surface area contributed by atoms with Crippen molar-refractivity contribution >= 4 is 5.91 Å². The second kappa shape index (κ2) is 7.28. The maximum absolute atomic E-state index is 12.4. The number of rotatable bonds is 4. The summed E-state index contributed by atoms with van der Waals surface area (Å²) in [5.74, 6) is 0.836. The number of hydrogen-bond donors (Lipinski definition) is 0. The lowest BCUT2D eigenvalue weighted by Gasteiger charge is -2.33. The predicted octanol–water partition coefficient (Wildman–Crippen LogP) is 2.72. The van der Waals surface area contributed by atoms with Crippen LogP contribution in [0.5, 0.6) is 5.75 Å². The number of ether oxygens (including phenoxy) is 1. The van der Waals surface area contributed by atoms with Gasteiger partial charge in [0.1, 0.15) is 5.75 Å². The van der Waals surface area contributed by atoms with E-state index in [1.165, 1.54) is 11.1 Å². The van der Waals surface area contributed by atoms with Crippen LogP contribution in [0.25, 0.3) is 0 Å². The number of benzene rings is 2. The van der Waals surface area contributed by atoms with Gasteiger partial charge in [-0.1, -0.05) is 42.5 Å². The third kappa shape index (κ3) is 3.69. The van der Waals surface area contributed by atoms with Crippen molar-refractivity contribution in [3.05, 3.63) is 65.7 Å². The van der Waals surface area contributed by atoms with Gasteiger partial charge >= 0.3 is 0 Å². The first kappa shape index (κ1) is 16.2. The molecule has 4 nitrogen and oxygen atoms in total. The van der Waals surface area contributed by atoms with E-state index in [0.717, 1.165) is 44.8 Å². The Hall–Kier alpha value is -2.33. The summed E-state index contributed by atoms with van der Waals surface area (Å²) in [6, 6.07) is 18.7. The average Bonchev–Trinajstić information content (AvgIpc) is 3.17. The highest BCUT2D eigenvalue weighted by Gasteiger charge is 2.32. The number of fused-ring (bicyclic) bond motifs is 1. The van der Waals surface area contributed by atoms with Gasteiger partial charge in [0.25, 0.3) is 5.91 Å². The maximum Gasteiger partial charge on any atom is 0.260 e. The van der Waals surface area contributed by atoms with Crippen LogP contribution < -0.4 is 4.74 Å². The topological polar surface area (TPSA) is 32.8 Å². The Labute approximate surface area is 149 Å². The van der Waals surface area contributed by atoms with E-state index in [4.69, 9.17) is 4.74 Å². The van der Waals surface area contributed by atoms with Crippen molar-refractivity contribution < 1.29 is 9.53 Å². The van der Waals surface area contributed by atoms with E-state index in [-0.39, 0.29) is 12.5 Å². The van der Waals surface area contributed by atoms with E-state index in [0.29, 0.717) is 6.04 Å². The first-order valence-corrected chi connectivity index (χ1v) is 9.06. The minimum atomic E-state index is 0.0868. The summed E-state index contributed by atoms with van der Waals surface area (Å²) in [6.07, 6.45) is 2.16. The van der Waals surface area contributed by atoms with Crippen molar-refractivity contribution in [3.8, 4) is 5.75 Å². The molecule has 1 fully saturated rings. The van der Waals surface area contributed by atoms with Crippen LogP contribution >= 0.6 is 0 Å². The molecule has 25 heavy (non-hydrogen) atoms. The van der Waals surface area contributed by atoms with Crippen molar-refractivity contribution in [1.29, 1.82) is 0 Å². The normalized spacial score (nSPS) is 20.3. The summed E-state index contributed by atoms with van der Waals surface area (Å²) < 4.78 is 5.60. The molecule has 2 aliphatic rings. The second-order valence-electron chi connectivity index (χ2n) is 6.87. The van der Waals surface area contributed by atoms with Crippen LogP contribution in [-0.4, -0.2) is 48.0 Å². The molecule has 0 N–H and O–H groups in total. The molecule has 4 heteroatoms. The first-order valence-electron chi connectivity index (χ1n) is 9.06. The van der Waals surface area contributed by atoms with Crippen molar-refractivity contribution in [2.45, 2.75) is 25.4 Å². The van der Waals surface area contributed by atoms with Crippen LogP contribution in [0.3, 0.4) is 0 Å². The smallest absolute Gasteiger partial charge is 0.260 e. The van der Waals surface area contributed by atoms with Gasteiger partial charge in [0.15, 0.2) is 6.61 Å². The SMILES string of the molecule is O=C(COc1ccccc1)N1CCC(N2CCc3ccccc3C2)C1. The summed E-state index contributed by atoms with van der Waals surface area (Å²) in [6.45, 7) is 3.87. The molecule has 2 aromatic carbocycles. The molecule has 0 saturated carbocycles. The van der Waals surface area contributed by atoms with Crippen molar-refractivity contribution in [2.24, 2.45) is 0 Å². The van der Waals surface area contributed by atoms with Crippen LogP contribution in [0.1, 0.15) is 17.5 Å². The number of para-hydroxylation sites is 1. The van der Waals surface area contributed by atoms with Crippen LogP contribution in [0.2, 0.25) is 0 Å². The summed E-state index contributed by atoms with van der Waals surface area (Å²) >= 11 is 0. The Morgan fingerprint density at radius 2 is 1.76 bits per heavy atom. The number of carbonyl (C=O) groups excluding carboxylic acids is 1. The Bertz CT molecular complexity index is 732. The number of hydrogen-bond acceptors (Lipinski definition) is 3. The highest BCUT2D eigenvalue weighted by atomic mass is 16.5. The molecule has 2 aliphatic heterocycles. The van der Waals surface area contributed by atoms with E-state index < -0.39 is 0 Å². The van der Waals surface area contributed by atoms with Gasteiger partial charge in [0.05, 0.1) is 0 Å². The summed E-state index contributed by atoms with van der Waals surface area (Å²) in [5, 5.41) is 0. The minimum absolute atomic E-state index is 0.0868. The zero-order valence-electron chi connectivity index (χ0n) is 14.4. The van der Waals surface area contributed by atoms with Crippen LogP contribution in [0, 0.1) is 0 Å². The number of likely N-dealkylation sites (tertiary alicyclic amines) is 1.